The van der Waals surface area contributed by atoms with Crippen LogP contribution >= 0.6 is 0 Å². The summed E-state index contributed by atoms with van der Waals surface area (Å²) in [4.78, 5) is 23.1. The Bertz CT molecular complexity index is 474. The number of hydrogen-bond acceptors (Lipinski definition) is 4. The molecule has 4 nitrogen and oxygen atoms in total. The summed E-state index contributed by atoms with van der Waals surface area (Å²) in [5.74, 6) is -1.13. The van der Waals surface area contributed by atoms with Crippen molar-refractivity contribution in [3.63, 3.8) is 0 Å². The number of nitrogens with zero attached hydrogens (tertiary/aromatic N) is 1. The number of benzene rings is 1. The molecule has 0 radical (unpaired) electrons. The normalized spacial score (nSPS) is 11.4. The number of Topliss-reactive ketones (excluding diaryl/α,β-unsaturated/α-hetero) is 1. The number of esters is 1. The van der Waals surface area contributed by atoms with Gasteiger partial charge in [0.2, 0.25) is 0 Å². The lowest BCUT2D eigenvalue weighted by Gasteiger charge is -2.09. The first kappa shape index (κ1) is 12.9. The molecule has 0 aliphatic carbocycles. The van der Waals surface area contributed by atoms with E-state index in [0.29, 0.717) is 11.1 Å². The molecule has 4 heteroatoms. The Kier molecular flexibility index (Phi) is 4.41. The molecule has 0 saturated carbocycles. The molecule has 0 saturated heterocycles. The van der Waals surface area contributed by atoms with Crippen LogP contribution in [-0.2, 0) is 9.53 Å². The number of nitriles is 1. The van der Waals surface area contributed by atoms with Crippen LogP contribution in [-0.4, -0.2) is 18.9 Å². The molecule has 0 spiro atoms. The average Bonchev–Trinajstić information content (AvgIpc) is 2.37. The van der Waals surface area contributed by atoms with Gasteiger partial charge in [0, 0.05) is 11.5 Å². The third-order valence-corrected chi connectivity index (χ3v) is 2.46. The zero-order valence-corrected chi connectivity index (χ0v) is 9.77. The van der Waals surface area contributed by atoms with E-state index in [4.69, 9.17) is 5.26 Å². The van der Waals surface area contributed by atoms with Gasteiger partial charge in [0.15, 0.2) is 5.78 Å². The molecule has 0 N–H and O–H groups in total. The highest BCUT2D eigenvalue weighted by molar-refractivity contribution is 6.01. The molecule has 1 aromatic rings. The zero-order valence-electron chi connectivity index (χ0n) is 9.77. The van der Waals surface area contributed by atoms with E-state index in [1.807, 2.05) is 6.07 Å². The summed E-state index contributed by atoms with van der Waals surface area (Å²) in [6.07, 6.45) is 0.0229. The molecular formula is C13H13NO3. The van der Waals surface area contributed by atoms with Crippen LogP contribution in [0.5, 0.6) is 0 Å². The summed E-state index contributed by atoms with van der Waals surface area (Å²) >= 11 is 0. The van der Waals surface area contributed by atoms with Crippen molar-refractivity contribution in [3.8, 4) is 6.07 Å². The maximum Gasteiger partial charge on any atom is 0.306 e. The van der Waals surface area contributed by atoms with Gasteiger partial charge in [-0.3, -0.25) is 9.59 Å². The molecule has 1 rings (SSSR count). The van der Waals surface area contributed by atoms with Gasteiger partial charge in [0.1, 0.15) is 0 Å². The van der Waals surface area contributed by atoms with E-state index in [-0.39, 0.29) is 12.2 Å². The van der Waals surface area contributed by atoms with Gasteiger partial charge in [0.05, 0.1) is 25.2 Å². The minimum Gasteiger partial charge on any atom is -0.469 e. The Labute approximate surface area is 99.8 Å². The second-order valence-corrected chi connectivity index (χ2v) is 3.70. The molecule has 88 valence electrons. The average molecular weight is 231 g/mol. The Balaban J connectivity index is 2.90. The van der Waals surface area contributed by atoms with E-state index in [1.165, 1.54) is 7.11 Å². The summed E-state index contributed by atoms with van der Waals surface area (Å²) in [5, 5.41) is 8.88. The molecule has 0 bridgehead atoms. The SMILES string of the molecule is COC(=O)CC(C)C(=O)c1ccccc1C#N. The standard InChI is InChI=1S/C13H13NO3/c1-9(7-12(15)17-2)13(16)11-6-4-3-5-10(11)8-14/h3-6,9H,7H2,1-2H3. The molecule has 0 aliphatic rings. The quantitative estimate of drug-likeness (QED) is 0.586. The highest BCUT2D eigenvalue weighted by Crippen LogP contribution is 2.16. The van der Waals surface area contributed by atoms with Crippen LogP contribution in [0.3, 0.4) is 0 Å². The van der Waals surface area contributed by atoms with Crippen molar-refractivity contribution in [3.05, 3.63) is 35.4 Å². The summed E-state index contributed by atoms with van der Waals surface area (Å²) < 4.78 is 4.51. The molecule has 1 unspecified atom stereocenters. The minimum atomic E-state index is -0.489. The maximum atomic E-state index is 12.0. The van der Waals surface area contributed by atoms with Crippen LogP contribution in [0.4, 0.5) is 0 Å². The monoisotopic (exact) mass is 231 g/mol. The first-order chi connectivity index (χ1) is 8.10. The van der Waals surface area contributed by atoms with Gasteiger partial charge in [-0.2, -0.15) is 5.26 Å². The van der Waals surface area contributed by atoms with Crippen LogP contribution in [0.25, 0.3) is 0 Å². The van der Waals surface area contributed by atoms with E-state index >= 15 is 0 Å². The second-order valence-electron chi connectivity index (χ2n) is 3.70. The molecule has 1 aromatic carbocycles. The predicted octanol–water partition coefficient (Wildman–Crippen LogP) is 1.94. The van der Waals surface area contributed by atoms with Gasteiger partial charge in [-0.25, -0.2) is 0 Å². The number of carbonyl (C=O) groups excluding carboxylic acids is 2. The lowest BCUT2D eigenvalue weighted by molar-refractivity contribution is -0.141. The van der Waals surface area contributed by atoms with Crippen molar-refractivity contribution in [2.75, 3.05) is 7.11 Å². The van der Waals surface area contributed by atoms with Crippen LogP contribution in [0.1, 0.15) is 29.3 Å². The fourth-order valence-electron chi connectivity index (χ4n) is 1.49. The number of rotatable bonds is 4. The zero-order chi connectivity index (χ0) is 12.8. The smallest absolute Gasteiger partial charge is 0.306 e. The summed E-state index contributed by atoms with van der Waals surface area (Å²) in [7, 11) is 1.28. The van der Waals surface area contributed by atoms with Crippen molar-refractivity contribution >= 4 is 11.8 Å². The topological polar surface area (TPSA) is 67.2 Å². The first-order valence-electron chi connectivity index (χ1n) is 5.20. The summed E-state index contributed by atoms with van der Waals surface area (Å²) in [6.45, 7) is 1.65. The van der Waals surface area contributed by atoms with Gasteiger partial charge in [-0.1, -0.05) is 25.1 Å². The van der Waals surface area contributed by atoms with E-state index in [1.54, 1.807) is 31.2 Å². The number of ether oxygens (including phenoxy) is 1. The Morgan fingerprint density at radius 2 is 2.06 bits per heavy atom. The molecule has 1 atom stereocenters. The van der Waals surface area contributed by atoms with Crippen LogP contribution in [0, 0.1) is 17.2 Å². The third-order valence-electron chi connectivity index (χ3n) is 2.46. The predicted molar refractivity (Wildman–Crippen MR) is 61.3 cm³/mol. The molecule has 0 aliphatic heterocycles. The lowest BCUT2D eigenvalue weighted by Crippen LogP contribution is -2.17. The summed E-state index contributed by atoms with van der Waals surface area (Å²) in [5.41, 5.74) is 0.681. The Morgan fingerprint density at radius 1 is 1.41 bits per heavy atom. The minimum absolute atomic E-state index is 0.0229. The highest BCUT2D eigenvalue weighted by atomic mass is 16.5. The van der Waals surface area contributed by atoms with E-state index in [2.05, 4.69) is 4.74 Å². The summed E-state index contributed by atoms with van der Waals surface area (Å²) in [6, 6.07) is 8.52. The Hall–Kier alpha value is -2.15. The molecular weight excluding hydrogens is 218 g/mol. The van der Waals surface area contributed by atoms with E-state index in [9.17, 15) is 9.59 Å². The van der Waals surface area contributed by atoms with Crippen LogP contribution in [0.2, 0.25) is 0 Å². The first-order valence-corrected chi connectivity index (χ1v) is 5.20. The molecule has 0 aromatic heterocycles. The van der Waals surface area contributed by atoms with Gasteiger partial charge >= 0.3 is 5.97 Å². The van der Waals surface area contributed by atoms with Gasteiger partial charge in [-0.05, 0) is 6.07 Å². The van der Waals surface area contributed by atoms with Crippen molar-refractivity contribution in [1.29, 1.82) is 5.26 Å². The number of methoxy groups -OCH3 is 1. The van der Waals surface area contributed by atoms with Gasteiger partial charge in [-0.15, -0.1) is 0 Å². The lowest BCUT2D eigenvalue weighted by atomic mass is 9.93. The number of ketones is 1. The van der Waals surface area contributed by atoms with E-state index in [0.717, 1.165) is 0 Å². The largest absolute Gasteiger partial charge is 0.469 e. The maximum absolute atomic E-state index is 12.0. The van der Waals surface area contributed by atoms with Crippen LogP contribution < -0.4 is 0 Å². The number of hydrogen-bond donors (Lipinski definition) is 0. The molecule has 0 amide bonds. The van der Waals surface area contributed by atoms with Crippen molar-refractivity contribution in [2.45, 2.75) is 13.3 Å². The van der Waals surface area contributed by atoms with Crippen molar-refractivity contribution in [1.82, 2.24) is 0 Å². The second kappa shape index (κ2) is 5.80. The Morgan fingerprint density at radius 3 is 2.65 bits per heavy atom. The van der Waals surface area contributed by atoms with Gasteiger partial charge in [0.25, 0.3) is 0 Å². The highest BCUT2D eigenvalue weighted by Gasteiger charge is 2.20. The van der Waals surface area contributed by atoms with Crippen molar-refractivity contribution in [2.24, 2.45) is 5.92 Å². The fourth-order valence-corrected chi connectivity index (χ4v) is 1.49. The molecule has 17 heavy (non-hydrogen) atoms. The van der Waals surface area contributed by atoms with Crippen molar-refractivity contribution < 1.29 is 14.3 Å². The molecule has 0 heterocycles. The fraction of sp³-hybridized carbons (Fsp3) is 0.308. The molecule has 0 fully saturated rings. The number of carbonyl (C=O) groups is 2. The van der Waals surface area contributed by atoms with E-state index < -0.39 is 11.9 Å². The van der Waals surface area contributed by atoms with Gasteiger partial charge < -0.3 is 4.74 Å². The third kappa shape index (κ3) is 3.15. The van der Waals surface area contributed by atoms with Crippen LogP contribution in [0.15, 0.2) is 24.3 Å².